The smallest absolute Gasteiger partial charge is 0.300 e. The molecule has 0 saturated heterocycles. The zero-order valence-electron chi connectivity index (χ0n) is 4.94. The number of thiol groups is 2. The van der Waals surface area contributed by atoms with Crippen molar-refractivity contribution >= 4 is 25.3 Å². The first kappa shape index (κ1) is 9.58. The van der Waals surface area contributed by atoms with E-state index in [9.17, 15) is 0 Å². The van der Waals surface area contributed by atoms with E-state index in [0.717, 1.165) is 0 Å². The average Bonchev–Trinajstić information content (AvgIpc) is 1.64. The van der Waals surface area contributed by atoms with Crippen molar-refractivity contribution in [2.45, 2.75) is 23.4 Å². The number of rotatable bonds is 2. The summed E-state index contributed by atoms with van der Waals surface area (Å²) >= 11 is 7.36. The summed E-state index contributed by atoms with van der Waals surface area (Å²) in [6, 6.07) is 0. The normalized spacial score (nSPS) is 14.0. The molecule has 0 heterocycles. The maximum Gasteiger partial charge on any atom is 0.300 e. The molecule has 0 fully saturated rings. The topological polar surface area (TPSA) is 60.7 Å². The Hall–Kier alpha value is 0.580. The number of aliphatic hydroxyl groups is 3. The quantitative estimate of drug-likeness (QED) is 0.289. The molecule has 0 unspecified atom stereocenters. The third-order valence-electron chi connectivity index (χ3n) is 1.03. The summed E-state index contributed by atoms with van der Waals surface area (Å²) in [4.78, 5) is 0. The van der Waals surface area contributed by atoms with Crippen LogP contribution in [0, 0.1) is 0 Å². The highest BCUT2D eigenvalue weighted by Crippen LogP contribution is 2.32. The van der Waals surface area contributed by atoms with Gasteiger partial charge in [-0.2, -0.15) is 25.3 Å². The van der Waals surface area contributed by atoms with Gasteiger partial charge < -0.3 is 15.3 Å². The van der Waals surface area contributed by atoms with Crippen LogP contribution in [0.15, 0.2) is 0 Å². The molecule has 0 bridgehead atoms. The van der Waals surface area contributed by atoms with Gasteiger partial charge in [0.25, 0.3) is 5.97 Å². The van der Waals surface area contributed by atoms with Crippen molar-refractivity contribution in [3.63, 3.8) is 0 Å². The monoisotopic (exact) mass is 170 g/mol. The molecule has 0 aliphatic rings. The highest BCUT2D eigenvalue weighted by atomic mass is 32.2. The maximum atomic E-state index is 8.50. The van der Waals surface area contributed by atoms with Crippen LogP contribution in [0.2, 0.25) is 0 Å². The Kier molecular flexibility index (Phi) is 2.85. The van der Waals surface area contributed by atoms with E-state index >= 15 is 0 Å². The molecule has 56 valence electrons. The second-order valence-electron chi connectivity index (χ2n) is 1.81. The molecule has 0 spiro atoms. The molecule has 0 aromatic carbocycles. The van der Waals surface area contributed by atoms with Gasteiger partial charge in [-0.25, -0.2) is 0 Å². The molecule has 0 aliphatic heterocycles. The van der Waals surface area contributed by atoms with Gasteiger partial charge >= 0.3 is 0 Å². The van der Waals surface area contributed by atoms with Crippen LogP contribution >= 0.6 is 25.3 Å². The Balaban J connectivity index is 4.14. The molecule has 3 nitrogen and oxygen atoms in total. The van der Waals surface area contributed by atoms with Crippen molar-refractivity contribution < 1.29 is 15.3 Å². The van der Waals surface area contributed by atoms with Crippen molar-refractivity contribution in [3.8, 4) is 0 Å². The minimum Gasteiger partial charge on any atom is -0.342 e. The van der Waals surface area contributed by atoms with Crippen LogP contribution in [0.4, 0.5) is 0 Å². The minimum atomic E-state index is -2.83. The SMILES string of the molecule is CCC(S)(S)C(O)(O)O. The van der Waals surface area contributed by atoms with Crippen molar-refractivity contribution in [2.75, 3.05) is 0 Å². The van der Waals surface area contributed by atoms with E-state index in [-0.39, 0.29) is 6.42 Å². The molecule has 0 radical (unpaired) electrons. The van der Waals surface area contributed by atoms with Gasteiger partial charge in [0.15, 0.2) is 0 Å². The fourth-order valence-electron chi connectivity index (χ4n) is 0.237. The average molecular weight is 170 g/mol. The molecular weight excluding hydrogens is 160 g/mol. The van der Waals surface area contributed by atoms with E-state index in [2.05, 4.69) is 25.3 Å². The summed E-state index contributed by atoms with van der Waals surface area (Å²) in [5, 5.41) is 25.5. The van der Waals surface area contributed by atoms with Gasteiger partial charge in [0.05, 0.1) is 0 Å². The van der Waals surface area contributed by atoms with Gasteiger partial charge in [-0.15, -0.1) is 0 Å². The van der Waals surface area contributed by atoms with Crippen molar-refractivity contribution in [2.24, 2.45) is 0 Å². The van der Waals surface area contributed by atoms with E-state index in [1.807, 2.05) is 0 Å². The van der Waals surface area contributed by atoms with Crippen LogP contribution in [-0.4, -0.2) is 25.4 Å². The van der Waals surface area contributed by atoms with Crippen molar-refractivity contribution in [1.82, 2.24) is 0 Å². The van der Waals surface area contributed by atoms with E-state index in [1.54, 1.807) is 6.92 Å². The summed E-state index contributed by atoms with van der Waals surface area (Å²) in [5.41, 5.74) is 0. The fourth-order valence-corrected chi connectivity index (χ4v) is 0.237. The van der Waals surface area contributed by atoms with Crippen molar-refractivity contribution in [3.05, 3.63) is 0 Å². The second kappa shape index (κ2) is 2.67. The fraction of sp³-hybridized carbons (Fsp3) is 1.00. The molecule has 0 aromatic rings. The van der Waals surface area contributed by atoms with Gasteiger partial charge in [0.2, 0.25) is 0 Å². The summed E-state index contributed by atoms with van der Waals surface area (Å²) in [6.45, 7) is 1.62. The van der Waals surface area contributed by atoms with Crippen molar-refractivity contribution in [1.29, 1.82) is 0 Å². The van der Waals surface area contributed by atoms with E-state index in [0.29, 0.717) is 0 Å². The standard InChI is InChI=1S/C4H10O3S2/c1-2-3(8,9)4(5,6)7/h5-9H,2H2,1H3. The Bertz CT molecular complexity index is 96.5. The van der Waals surface area contributed by atoms with E-state index < -0.39 is 10.1 Å². The lowest BCUT2D eigenvalue weighted by Gasteiger charge is -2.29. The van der Waals surface area contributed by atoms with Gasteiger partial charge in [-0.1, -0.05) is 6.92 Å². The third-order valence-corrected chi connectivity index (χ3v) is 2.26. The highest BCUT2D eigenvalue weighted by molar-refractivity contribution is 8.00. The molecule has 0 aliphatic carbocycles. The van der Waals surface area contributed by atoms with Gasteiger partial charge in [-0.3, -0.25) is 0 Å². The Morgan fingerprint density at radius 2 is 1.56 bits per heavy atom. The van der Waals surface area contributed by atoms with E-state index in [1.165, 1.54) is 0 Å². The molecule has 3 N–H and O–H groups in total. The zero-order chi connectivity index (χ0) is 7.71. The summed E-state index contributed by atoms with van der Waals surface area (Å²) in [6.07, 6.45) is 0.239. The van der Waals surface area contributed by atoms with Crippen LogP contribution in [-0.2, 0) is 0 Å². The second-order valence-corrected chi connectivity index (χ2v) is 3.69. The van der Waals surface area contributed by atoms with Crippen LogP contribution in [0.5, 0.6) is 0 Å². The van der Waals surface area contributed by atoms with Gasteiger partial charge in [0.1, 0.15) is 4.08 Å². The molecule has 0 rings (SSSR count). The highest BCUT2D eigenvalue weighted by Gasteiger charge is 2.41. The molecule has 5 heteroatoms. The zero-order valence-corrected chi connectivity index (χ0v) is 6.73. The molecule has 0 amide bonds. The van der Waals surface area contributed by atoms with Crippen LogP contribution in [0.3, 0.4) is 0 Å². The maximum absolute atomic E-state index is 8.50. The van der Waals surface area contributed by atoms with E-state index in [4.69, 9.17) is 15.3 Å². The Morgan fingerprint density at radius 1 is 1.22 bits per heavy atom. The lowest BCUT2D eigenvalue weighted by Crippen LogP contribution is -2.45. The molecule has 0 saturated carbocycles. The van der Waals surface area contributed by atoms with Crippen LogP contribution in [0.1, 0.15) is 13.3 Å². The predicted molar refractivity (Wildman–Crippen MR) is 40.4 cm³/mol. The Morgan fingerprint density at radius 3 is 1.56 bits per heavy atom. The summed E-state index contributed by atoms with van der Waals surface area (Å²) < 4.78 is -1.47. The van der Waals surface area contributed by atoms with Crippen LogP contribution in [0.25, 0.3) is 0 Å². The molecule has 0 aromatic heterocycles. The molecule has 0 atom stereocenters. The van der Waals surface area contributed by atoms with Gasteiger partial charge in [-0.05, 0) is 6.42 Å². The number of hydrogen-bond donors (Lipinski definition) is 5. The largest absolute Gasteiger partial charge is 0.342 e. The van der Waals surface area contributed by atoms with Gasteiger partial charge in [0, 0.05) is 0 Å². The molecule has 9 heavy (non-hydrogen) atoms. The predicted octanol–water partition coefficient (Wildman–Crippen LogP) is -0.417. The summed E-state index contributed by atoms with van der Waals surface area (Å²) in [7, 11) is 0. The first-order valence-corrected chi connectivity index (χ1v) is 3.32. The lowest BCUT2D eigenvalue weighted by atomic mass is 10.3. The first-order valence-electron chi connectivity index (χ1n) is 2.43. The molecular formula is C4H10O3S2. The van der Waals surface area contributed by atoms with Crippen LogP contribution < -0.4 is 0 Å². The third kappa shape index (κ3) is 2.35. The lowest BCUT2D eigenvalue weighted by molar-refractivity contribution is -0.315. The summed E-state index contributed by atoms with van der Waals surface area (Å²) in [5.74, 6) is -2.83. The number of hydrogen-bond acceptors (Lipinski definition) is 5. The Labute approximate surface area is 64.5 Å². The first-order chi connectivity index (χ1) is 3.81. The minimum absolute atomic E-state index is 0.239.